The third-order valence-electron chi connectivity index (χ3n) is 3.36. The molecule has 0 amide bonds. The molecule has 2 heterocycles. The summed E-state index contributed by atoms with van der Waals surface area (Å²) in [6.07, 6.45) is -1.43. The molecule has 136 valence electrons. The van der Waals surface area contributed by atoms with Gasteiger partial charge in [0.1, 0.15) is 0 Å². The molecule has 0 unspecified atom stereocenters. The Morgan fingerprint density at radius 3 is 2.62 bits per heavy atom. The van der Waals surface area contributed by atoms with Crippen molar-refractivity contribution in [2.75, 3.05) is 6.61 Å². The summed E-state index contributed by atoms with van der Waals surface area (Å²) in [7, 11) is 0. The van der Waals surface area contributed by atoms with E-state index in [-0.39, 0.29) is 18.2 Å². The molecule has 0 N–H and O–H groups in total. The topological polar surface area (TPSA) is 83.0 Å². The lowest BCUT2D eigenvalue weighted by molar-refractivity contribution is -0.159. The minimum absolute atomic E-state index is 0.0575. The first-order valence-corrected chi connectivity index (χ1v) is 7.57. The fraction of sp³-hybridized carbons (Fsp3) is 0.250. The fourth-order valence-electron chi connectivity index (χ4n) is 2.19. The second-order valence-corrected chi connectivity index (χ2v) is 5.22. The van der Waals surface area contributed by atoms with Gasteiger partial charge in [0, 0.05) is 17.4 Å². The third kappa shape index (κ3) is 3.90. The number of imidazole rings is 1. The van der Waals surface area contributed by atoms with Gasteiger partial charge in [-0.15, -0.1) is 0 Å². The molecule has 0 saturated carbocycles. The van der Waals surface area contributed by atoms with E-state index in [0.717, 1.165) is 0 Å². The molecule has 0 radical (unpaired) electrons. The smallest absolute Gasteiger partial charge is 0.466 e. The van der Waals surface area contributed by atoms with E-state index in [1.807, 2.05) is 0 Å². The Morgan fingerprint density at radius 2 is 2.00 bits per heavy atom. The summed E-state index contributed by atoms with van der Waals surface area (Å²) in [6, 6.07) is 6.44. The van der Waals surface area contributed by atoms with Crippen molar-refractivity contribution in [1.29, 1.82) is 0 Å². The van der Waals surface area contributed by atoms with Crippen molar-refractivity contribution < 1.29 is 27.2 Å². The van der Waals surface area contributed by atoms with Crippen molar-refractivity contribution in [1.82, 2.24) is 19.7 Å². The zero-order valence-corrected chi connectivity index (χ0v) is 13.5. The highest BCUT2D eigenvalue weighted by atomic mass is 19.4. The second kappa shape index (κ2) is 6.98. The first-order chi connectivity index (χ1) is 12.4. The third-order valence-corrected chi connectivity index (χ3v) is 3.36. The van der Waals surface area contributed by atoms with E-state index in [9.17, 15) is 18.0 Å². The van der Waals surface area contributed by atoms with Crippen LogP contribution in [-0.4, -0.2) is 32.3 Å². The largest absolute Gasteiger partial charge is 0.471 e. The summed E-state index contributed by atoms with van der Waals surface area (Å²) in [6.45, 7) is 2.02. The molecule has 26 heavy (non-hydrogen) atoms. The number of rotatable bonds is 5. The summed E-state index contributed by atoms with van der Waals surface area (Å²) in [5, 5.41) is 3.33. The molecule has 0 saturated heterocycles. The Morgan fingerprint density at radius 1 is 1.27 bits per heavy atom. The predicted octanol–water partition coefficient (Wildman–Crippen LogP) is 3.05. The number of hydrogen-bond donors (Lipinski definition) is 0. The molecule has 0 bridgehead atoms. The minimum Gasteiger partial charge on any atom is -0.466 e. The number of hydrogen-bond acceptors (Lipinski definition) is 6. The van der Waals surface area contributed by atoms with Crippen LogP contribution in [0.4, 0.5) is 13.2 Å². The van der Waals surface area contributed by atoms with Gasteiger partial charge in [-0.25, -0.2) is 4.98 Å². The standard InChI is InChI=1S/C16H13F3N4O3/c1-2-25-13(24)7-11-8-23(9-20-11)12-5-3-10(4-6-12)14-21-15(26-22-14)16(17,18)19/h3-6,8-9H,2,7H2,1H3. The maximum atomic E-state index is 12.5. The predicted molar refractivity (Wildman–Crippen MR) is 82.2 cm³/mol. The Labute approximate surface area is 145 Å². The molecule has 0 atom stereocenters. The van der Waals surface area contributed by atoms with E-state index in [0.29, 0.717) is 23.6 Å². The van der Waals surface area contributed by atoms with Crippen LogP contribution in [0.25, 0.3) is 17.1 Å². The maximum absolute atomic E-state index is 12.5. The Kier molecular flexibility index (Phi) is 4.74. The number of esters is 1. The highest BCUT2D eigenvalue weighted by Gasteiger charge is 2.38. The lowest BCUT2D eigenvalue weighted by Crippen LogP contribution is -2.07. The van der Waals surface area contributed by atoms with Gasteiger partial charge in [-0.3, -0.25) is 4.79 Å². The van der Waals surface area contributed by atoms with E-state index in [1.165, 1.54) is 6.33 Å². The molecule has 0 aliphatic carbocycles. The Bertz CT molecular complexity index is 900. The number of benzene rings is 1. The highest BCUT2D eigenvalue weighted by molar-refractivity contribution is 5.71. The first-order valence-electron chi connectivity index (χ1n) is 7.57. The normalized spacial score (nSPS) is 11.5. The summed E-state index contributed by atoms with van der Waals surface area (Å²) in [5.74, 6) is -1.92. The van der Waals surface area contributed by atoms with Crippen LogP contribution in [0.2, 0.25) is 0 Å². The summed E-state index contributed by atoms with van der Waals surface area (Å²) < 4.78 is 48.3. The number of carbonyl (C=O) groups is 1. The molecular weight excluding hydrogens is 353 g/mol. The zero-order chi connectivity index (χ0) is 18.7. The number of halogens is 3. The van der Waals surface area contributed by atoms with Gasteiger partial charge < -0.3 is 13.8 Å². The van der Waals surface area contributed by atoms with Crippen molar-refractivity contribution in [3.05, 3.63) is 48.4 Å². The van der Waals surface area contributed by atoms with Gasteiger partial charge >= 0.3 is 18.0 Å². The van der Waals surface area contributed by atoms with Gasteiger partial charge in [0.05, 0.1) is 25.0 Å². The molecule has 0 fully saturated rings. The van der Waals surface area contributed by atoms with Gasteiger partial charge in [-0.2, -0.15) is 18.2 Å². The molecule has 2 aromatic heterocycles. The van der Waals surface area contributed by atoms with Crippen molar-refractivity contribution >= 4 is 5.97 Å². The molecule has 1 aromatic carbocycles. The molecule has 3 rings (SSSR count). The number of nitrogens with zero attached hydrogens (tertiary/aromatic N) is 4. The number of alkyl halides is 3. The van der Waals surface area contributed by atoms with Crippen LogP contribution in [0.1, 0.15) is 18.5 Å². The van der Waals surface area contributed by atoms with E-state index in [4.69, 9.17) is 4.74 Å². The van der Waals surface area contributed by atoms with Crippen LogP contribution in [0, 0.1) is 0 Å². The summed E-state index contributed by atoms with van der Waals surface area (Å²) >= 11 is 0. The SMILES string of the molecule is CCOC(=O)Cc1cn(-c2ccc(-c3noc(C(F)(F)F)n3)cc2)cn1. The van der Waals surface area contributed by atoms with Crippen molar-refractivity contribution in [3.63, 3.8) is 0 Å². The second-order valence-electron chi connectivity index (χ2n) is 5.22. The molecule has 3 aromatic rings. The van der Waals surface area contributed by atoms with Crippen LogP contribution < -0.4 is 0 Å². The average molecular weight is 366 g/mol. The van der Waals surface area contributed by atoms with Crippen molar-refractivity contribution in [3.8, 4) is 17.1 Å². The van der Waals surface area contributed by atoms with Crippen LogP contribution in [0.15, 0.2) is 41.3 Å². The van der Waals surface area contributed by atoms with E-state index in [1.54, 1.807) is 42.0 Å². The van der Waals surface area contributed by atoms with Crippen LogP contribution in [0.3, 0.4) is 0 Å². The molecule has 0 spiro atoms. The van der Waals surface area contributed by atoms with Gasteiger partial charge in [0.25, 0.3) is 0 Å². The van der Waals surface area contributed by atoms with Crippen LogP contribution >= 0.6 is 0 Å². The van der Waals surface area contributed by atoms with Gasteiger partial charge in [-0.1, -0.05) is 5.16 Å². The van der Waals surface area contributed by atoms with Gasteiger partial charge in [0.15, 0.2) is 0 Å². The molecule has 10 heteroatoms. The average Bonchev–Trinajstić information content (AvgIpc) is 3.24. The van der Waals surface area contributed by atoms with Gasteiger partial charge in [-0.05, 0) is 31.2 Å². The van der Waals surface area contributed by atoms with Crippen LogP contribution in [-0.2, 0) is 22.1 Å². The quantitative estimate of drug-likeness (QED) is 0.646. The van der Waals surface area contributed by atoms with Crippen LogP contribution in [0.5, 0.6) is 0 Å². The lowest BCUT2D eigenvalue weighted by Gasteiger charge is -2.02. The minimum atomic E-state index is -4.68. The summed E-state index contributed by atoms with van der Waals surface area (Å²) in [4.78, 5) is 18.9. The van der Waals surface area contributed by atoms with E-state index >= 15 is 0 Å². The lowest BCUT2D eigenvalue weighted by atomic mass is 10.2. The van der Waals surface area contributed by atoms with Crippen molar-refractivity contribution in [2.45, 2.75) is 19.5 Å². The maximum Gasteiger partial charge on any atom is 0.471 e. The Balaban J connectivity index is 1.75. The number of ether oxygens (including phenoxy) is 1. The number of aromatic nitrogens is 4. The highest BCUT2D eigenvalue weighted by Crippen LogP contribution is 2.29. The van der Waals surface area contributed by atoms with E-state index in [2.05, 4.69) is 19.6 Å². The zero-order valence-electron chi connectivity index (χ0n) is 13.5. The molecular formula is C16H13F3N4O3. The molecule has 7 nitrogen and oxygen atoms in total. The Hall–Kier alpha value is -3.17. The van der Waals surface area contributed by atoms with E-state index < -0.39 is 12.1 Å². The number of carbonyl (C=O) groups excluding carboxylic acids is 1. The monoisotopic (exact) mass is 366 g/mol. The molecule has 0 aliphatic heterocycles. The fourth-order valence-corrected chi connectivity index (χ4v) is 2.19. The molecule has 0 aliphatic rings. The van der Waals surface area contributed by atoms with Crippen molar-refractivity contribution in [2.24, 2.45) is 0 Å². The summed E-state index contributed by atoms with van der Waals surface area (Å²) in [5.41, 5.74) is 1.62. The first kappa shape index (κ1) is 17.6. The van der Waals surface area contributed by atoms with Gasteiger partial charge in [0.2, 0.25) is 5.82 Å².